The Morgan fingerprint density at radius 1 is 1.16 bits per heavy atom. The highest BCUT2D eigenvalue weighted by Crippen LogP contribution is 2.37. The van der Waals surface area contributed by atoms with Gasteiger partial charge in [0.05, 0.1) is 11.7 Å². The van der Waals surface area contributed by atoms with E-state index in [4.69, 9.17) is 4.74 Å². The van der Waals surface area contributed by atoms with Gasteiger partial charge in [-0.2, -0.15) is 0 Å². The molecule has 0 amide bonds. The van der Waals surface area contributed by atoms with E-state index in [1.165, 1.54) is 0 Å². The van der Waals surface area contributed by atoms with Crippen molar-refractivity contribution in [2.75, 3.05) is 11.5 Å². The number of aromatic nitrogens is 3. The van der Waals surface area contributed by atoms with E-state index in [0.29, 0.717) is 36.1 Å². The van der Waals surface area contributed by atoms with E-state index in [9.17, 15) is 4.39 Å². The predicted octanol–water partition coefficient (Wildman–Crippen LogP) is 3.57. The zero-order valence-electron chi connectivity index (χ0n) is 14.5. The molecule has 1 aromatic carbocycles. The van der Waals surface area contributed by atoms with Crippen molar-refractivity contribution in [2.24, 2.45) is 0 Å². The lowest BCUT2D eigenvalue weighted by Crippen LogP contribution is -2.36. The van der Waals surface area contributed by atoms with E-state index in [1.807, 2.05) is 18.2 Å². The summed E-state index contributed by atoms with van der Waals surface area (Å²) in [4.78, 5) is 15.4. The molecule has 1 aliphatic rings. The topological polar surface area (TPSA) is 51.1 Å². The van der Waals surface area contributed by atoms with E-state index >= 15 is 0 Å². The molecule has 0 saturated carbocycles. The van der Waals surface area contributed by atoms with E-state index in [0.717, 1.165) is 5.56 Å². The highest BCUT2D eigenvalue weighted by molar-refractivity contribution is 5.95. The van der Waals surface area contributed by atoms with Gasteiger partial charge in [-0.05, 0) is 26.3 Å². The highest BCUT2D eigenvalue weighted by Gasteiger charge is 2.28. The monoisotopic (exact) mass is 338 g/mol. The van der Waals surface area contributed by atoms with Gasteiger partial charge in [-0.25, -0.2) is 19.3 Å². The molecule has 0 aliphatic carbocycles. The number of pyridine rings is 1. The normalized spacial score (nSPS) is 16.6. The van der Waals surface area contributed by atoms with Crippen molar-refractivity contribution in [3.63, 3.8) is 0 Å². The summed E-state index contributed by atoms with van der Waals surface area (Å²) in [6.07, 6.45) is 0. The molecule has 2 aromatic heterocycles. The van der Waals surface area contributed by atoms with Gasteiger partial charge in [0.15, 0.2) is 5.82 Å². The molecule has 0 unspecified atom stereocenters. The summed E-state index contributed by atoms with van der Waals surface area (Å²) >= 11 is 0. The van der Waals surface area contributed by atoms with Gasteiger partial charge in [0.25, 0.3) is 0 Å². The molecule has 6 heteroatoms. The maximum Gasteiger partial charge on any atom is 0.227 e. The van der Waals surface area contributed by atoms with Crippen molar-refractivity contribution >= 4 is 16.7 Å². The van der Waals surface area contributed by atoms with Crippen LogP contribution in [0, 0.1) is 19.7 Å². The quantitative estimate of drug-likeness (QED) is 0.715. The molecule has 0 N–H and O–H groups in total. The Hall–Kier alpha value is -2.76. The van der Waals surface area contributed by atoms with Gasteiger partial charge < -0.3 is 9.64 Å². The van der Waals surface area contributed by atoms with Crippen molar-refractivity contribution < 1.29 is 9.13 Å². The second-order valence-electron chi connectivity index (χ2n) is 6.41. The van der Waals surface area contributed by atoms with Crippen LogP contribution < -0.4 is 9.64 Å². The first-order chi connectivity index (χ1) is 12.0. The third-order valence-corrected chi connectivity index (χ3v) is 4.47. The third-order valence-electron chi connectivity index (χ3n) is 4.47. The Kier molecular flexibility index (Phi) is 3.75. The SMILES string of the molecule is Cc1nc2c3c(nc(C)c(F)c3n1)OC[C@H](C)N2Cc1ccccc1. The smallest absolute Gasteiger partial charge is 0.227 e. The highest BCUT2D eigenvalue weighted by atomic mass is 19.1. The standard InChI is InChI=1S/C19H19FN4O/c1-11-10-25-19-15-17(16(20)12(2)21-19)22-13(3)23-18(15)24(11)9-14-7-5-4-6-8-14/h4-8,11H,9-10H2,1-3H3/t11-/m0/s1. The minimum Gasteiger partial charge on any atom is -0.475 e. The van der Waals surface area contributed by atoms with Crippen LogP contribution in [0.3, 0.4) is 0 Å². The summed E-state index contributed by atoms with van der Waals surface area (Å²) < 4.78 is 20.5. The number of hydrogen-bond donors (Lipinski definition) is 0. The van der Waals surface area contributed by atoms with Gasteiger partial charge in [0.2, 0.25) is 5.88 Å². The van der Waals surface area contributed by atoms with Crippen LogP contribution >= 0.6 is 0 Å². The third kappa shape index (κ3) is 2.67. The Labute approximate surface area is 145 Å². The molecule has 3 aromatic rings. The number of aryl methyl sites for hydroxylation is 2. The van der Waals surface area contributed by atoms with Crippen LogP contribution in [0.25, 0.3) is 10.9 Å². The summed E-state index contributed by atoms with van der Waals surface area (Å²) in [6, 6.07) is 10.2. The molecule has 3 heterocycles. The summed E-state index contributed by atoms with van der Waals surface area (Å²) in [5.74, 6) is 1.21. The molecule has 1 aliphatic heterocycles. The van der Waals surface area contributed by atoms with Gasteiger partial charge in [-0.3, -0.25) is 0 Å². The predicted molar refractivity (Wildman–Crippen MR) is 94.3 cm³/mol. The fourth-order valence-electron chi connectivity index (χ4n) is 3.16. The van der Waals surface area contributed by atoms with Gasteiger partial charge in [-0.1, -0.05) is 30.3 Å². The lowest BCUT2D eigenvalue weighted by atomic mass is 10.1. The molecule has 128 valence electrons. The Morgan fingerprint density at radius 2 is 1.92 bits per heavy atom. The summed E-state index contributed by atoms with van der Waals surface area (Å²) in [5.41, 5.74) is 1.72. The second kappa shape index (κ2) is 5.95. The van der Waals surface area contributed by atoms with Crippen molar-refractivity contribution in [3.05, 3.63) is 53.2 Å². The van der Waals surface area contributed by atoms with Gasteiger partial charge >= 0.3 is 0 Å². The zero-order valence-corrected chi connectivity index (χ0v) is 14.5. The van der Waals surface area contributed by atoms with Crippen LogP contribution in [0.2, 0.25) is 0 Å². The van der Waals surface area contributed by atoms with Crippen LogP contribution in [0.5, 0.6) is 5.88 Å². The average Bonchev–Trinajstić information content (AvgIpc) is 2.73. The van der Waals surface area contributed by atoms with Crippen molar-refractivity contribution in [1.82, 2.24) is 15.0 Å². The van der Waals surface area contributed by atoms with Crippen LogP contribution in [-0.4, -0.2) is 27.6 Å². The Balaban J connectivity index is 1.95. The van der Waals surface area contributed by atoms with E-state index in [2.05, 4.69) is 38.9 Å². The van der Waals surface area contributed by atoms with Crippen molar-refractivity contribution in [2.45, 2.75) is 33.4 Å². The fraction of sp³-hybridized carbons (Fsp3) is 0.316. The van der Waals surface area contributed by atoms with Gasteiger partial charge in [0, 0.05) is 6.54 Å². The first-order valence-electron chi connectivity index (χ1n) is 8.32. The average molecular weight is 338 g/mol. The minimum absolute atomic E-state index is 0.0651. The number of nitrogens with zero attached hydrogens (tertiary/aromatic N) is 4. The lowest BCUT2D eigenvalue weighted by molar-refractivity contribution is 0.285. The Morgan fingerprint density at radius 3 is 2.68 bits per heavy atom. The van der Waals surface area contributed by atoms with E-state index in [1.54, 1.807) is 13.8 Å². The van der Waals surface area contributed by atoms with Crippen LogP contribution in [0.1, 0.15) is 24.0 Å². The molecule has 5 nitrogen and oxygen atoms in total. The van der Waals surface area contributed by atoms with Crippen LogP contribution in [-0.2, 0) is 6.54 Å². The first-order valence-corrected chi connectivity index (χ1v) is 8.32. The molecule has 0 spiro atoms. The lowest BCUT2D eigenvalue weighted by Gasteiger charge is -2.28. The number of rotatable bonds is 2. The van der Waals surface area contributed by atoms with Gasteiger partial charge in [-0.15, -0.1) is 0 Å². The van der Waals surface area contributed by atoms with Crippen LogP contribution in [0.15, 0.2) is 30.3 Å². The van der Waals surface area contributed by atoms with Crippen molar-refractivity contribution in [1.29, 1.82) is 0 Å². The number of benzene rings is 1. The Bertz CT molecular complexity index is 945. The van der Waals surface area contributed by atoms with Crippen LogP contribution in [0.4, 0.5) is 10.2 Å². The number of anilines is 1. The first kappa shape index (κ1) is 15.7. The fourth-order valence-corrected chi connectivity index (χ4v) is 3.16. The molecule has 25 heavy (non-hydrogen) atoms. The summed E-state index contributed by atoms with van der Waals surface area (Å²) in [6.45, 7) is 6.59. The zero-order chi connectivity index (χ0) is 17.6. The number of hydrogen-bond acceptors (Lipinski definition) is 5. The molecule has 0 fully saturated rings. The molecule has 0 bridgehead atoms. The molecule has 0 radical (unpaired) electrons. The van der Waals surface area contributed by atoms with E-state index < -0.39 is 5.82 Å². The minimum atomic E-state index is -0.414. The summed E-state index contributed by atoms with van der Waals surface area (Å²) in [5, 5.41) is 0.550. The summed E-state index contributed by atoms with van der Waals surface area (Å²) in [7, 11) is 0. The largest absolute Gasteiger partial charge is 0.475 e. The van der Waals surface area contributed by atoms with E-state index in [-0.39, 0.29) is 17.3 Å². The molecule has 0 saturated heterocycles. The maximum absolute atomic E-state index is 14.7. The second-order valence-corrected chi connectivity index (χ2v) is 6.41. The van der Waals surface area contributed by atoms with Gasteiger partial charge in [0.1, 0.15) is 29.2 Å². The molecular formula is C19H19FN4O. The molecule has 1 atom stereocenters. The molecular weight excluding hydrogens is 319 g/mol. The number of ether oxygens (including phenoxy) is 1. The van der Waals surface area contributed by atoms with Crippen molar-refractivity contribution in [3.8, 4) is 5.88 Å². The molecule has 4 rings (SSSR count). The maximum atomic E-state index is 14.7. The number of halogens is 1.